The molecule has 0 N–H and O–H groups in total. The highest BCUT2D eigenvalue weighted by Crippen LogP contribution is 2.32. The Morgan fingerprint density at radius 3 is 2.83 bits per heavy atom. The molecule has 62 valence electrons. The lowest BCUT2D eigenvalue weighted by atomic mass is 9.88. The van der Waals surface area contributed by atoms with Crippen molar-refractivity contribution in [2.24, 2.45) is 12.0 Å². The number of hydrogen-bond acceptors (Lipinski definition) is 1. The van der Waals surface area contributed by atoms with Crippen LogP contribution in [0.3, 0.4) is 0 Å². The molecule has 2 nitrogen and oxygen atoms in total. The molecule has 0 amide bonds. The number of rotatable bonds is 0. The molecular weight excluding hydrogens is 148 g/mol. The number of pyridine rings is 1. The molecule has 2 rings (SSSR count). The molecule has 0 bridgehead atoms. The van der Waals surface area contributed by atoms with E-state index in [4.69, 9.17) is 0 Å². The first-order valence-electron chi connectivity index (χ1n) is 4.15. The molecule has 0 unspecified atom stereocenters. The second-order valence-electron chi connectivity index (χ2n) is 3.84. The summed E-state index contributed by atoms with van der Waals surface area (Å²) in [5.74, 6) is 1.09. The first kappa shape index (κ1) is 7.47. The van der Waals surface area contributed by atoms with Crippen LogP contribution in [0.4, 0.5) is 5.82 Å². The average molecular weight is 161 g/mol. The topological polar surface area (TPSA) is 16.2 Å². The molecule has 0 atom stereocenters. The minimum atomic E-state index is 0.106. The molecular formula is C10H13N2+. The van der Waals surface area contributed by atoms with Gasteiger partial charge in [0, 0.05) is 0 Å². The SMILES string of the molecule is C[n+]1cccc2c1N=CC2(C)C. The molecule has 0 saturated carbocycles. The van der Waals surface area contributed by atoms with Gasteiger partial charge in [0.1, 0.15) is 6.21 Å². The van der Waals surface area contributed by atoms with Gasteiger partial charge in [0.05, 0.1) is 24.2 Å². The van der Waals surface area contributed by atoms with Crippen LogP contribution in [0.15, 0.2) is 23.3 Å². The monoisotopic (exact) mass is 161 g/mol. The molecule has 0 fully saturated rings. The Balaban J connectivity index is 2.68. The molecule has 2 heteroatoms. The minimum Gasteiger partial charge on any atom is -0.233 e. The predicted octanol–water partition coefficient (Wildman–Crippen LogP) is 1.50. The Morgan fingerprint density at radius 2 is 2.17 bits per heavy atom. The Labute approximate surface area is 72.6 Å². The van der Waals surface area contributed by atoms with Crippen LogP contribution in [0.2, 0.25) is 0 Å². The molecule has 0 radical (unpaired) electrons. The van der Waals surface area contributed by atoms with Crippen LogP contribution in [0.5, 0.6) is 0 Å². The maximum atomic E-state index is 4.39. The van der Waals surface area contributed by atoms with E-state index in [-0.39, 0.29) is 5.41 Å². The van der Waals surface area contributed by atoms with E-state index >= 15 is 0 Å². The van der Waals surface area contributed by atoms with Crippen molar-refractivity contribution in [1.82, 2.24) is 0 Å². The number of aliphatic imine (C=N–C) groups is 1. The van der Waals surface area contributed by atoms with Gasteiger partial charge in [0.15, 0.2) is 0 Å². The molecule has 0 spiro atoms. The molecule has 1 aromatic rings. The van der Waals surface area contributed by atoms with Crippen LogP contribution in [0, 0.1) is 0 Å². The third-order valence-corrected chi connectivity index (χ3v) is 2.35. The summed E-state index contributed by atoms with van der Waals surface area (Å²) in [5.41, 5.74) is 1.42. The Bertz CT molecular complexity index is 351. The predicted molar refractivity (Wildman–Crippen MR) is 48.8 cm³/mol. The van der Waals surface area contributed by atoms with E-state index in [0.717, 1.165) is 5.82 Å². The van der Waals surface area contributed by atoms with Crippen molar-refractivity contribution in [3.8, 4) is 0 Å². The van der Waals surface area contributed by atoms with Gasteiger partial charge in [-0.3, -0.25) is 0 Å². The smallest absolute Gasteiger partial charge is 0.233 e. The third-order valence-electron chi connectivity index (χ3n) is 2.35. The average Bonchev–Trinajstić information content (AvgIpc) is 2.30. The number of hydrogen-bond donors (Lipinski definition) is 0. The lowest BCUT2D eigenvalue weighted by Crippen LogP contribution is -2.29. The van der Waals surface area contributed by atoms with E-state index in [0.29, 0.717) is 0 Å². The highest BCUT2D eigenvalue weighted by molar-refractivity contribution is 5.81. The van der Waals surface area contributed by atoms with Crippen molar-refractivity contribution in [3.05, 3.63) is 23.9 Å². The zero-order valence-electron chi connectivity index (χ0n) is 7.70. The lowest BCUT2D eigenvalue weighted by Gasteiger charge is -2.11. The molecule has 0 aromatic carbocycles. The summed E-state index contributed by atoms with van der Waals surface area (Å²) in [6.07, 6.45) is 4.04. The minimum absolute atomic E-state index is 0.106. The highest BCUT2D eigenvalue weighted by Gasteiger charge is 2.34. The van der Waals surface area contributed by atoms with Gasteiger partial charge in [-0.2, -0.15) is 0 Å². The first-order chi connectivity index (χ1) is 5.61. The third kappa shape index (κ3) is 0.876. The summed E-state index contributed by atoms with van der Waals surface area (Å²) in [4.78, 5) is 4.39. The summed E-state index contributed by atoms with van der Waals surface area (Å²) in [6.45, 7) is 4.37. The zero-order chi connectivity index (χ0) is 8.77. The van der Waals surface area contributed by atoms with Crippen LogP contribution in [-0.2, 0) is 12.5 Å². The van der Waals surface area contributed by atoms with Crippen LogP contribution < -0.4 is 4.57 Å². The molecule has 1 aliphatic rings. The van der Waals surface area contributed by atoms with E-state index in [9.17, 15) is 0 Å². The number of aromatic nitrogens is 1. The van der Waals surface area contributed by atoms with E-state index < -0.39 is 0 Å². The standard InChI is InChI=1S/C10H13N2/c1-10(2)7-11-9-8(10)5-4-6-12(9)3/h4-7H,1-3H3/q+1. The Morgan fingerprint density at radius 1 is 1.42 bits per heavy atom. The summed E-state index contributed by atoms with van der Waals surface area (Å²) >= 11 is 0. The van der Waals surface area contributed by atoms with Crippen molar-refractivity contribution in [2.45, 2.75) is 19.3 Å². The largest absolute Gasteiger partial charge is 0.326 e. The van der Waals surface area contributed by atoms with Crippen molar-refractivity contribution in [1.29, 1.82) is 0 Å². The van der Waals surface area contributed by atoms with Crippen LogP contribution in [-0.4, -0.2) is 6.21 Å². The first-order valence-corrected chi connectivity index (χ1v) is 4.15. The lowest BCUT2D eigenvalue weighted by molar-refractivity contribution is -0.658. The normalized spacial score (nSPS) is 17.9. The van der Waals surface area contributed by atoms with Gasteiger partial charge in [-0.15, -0.1) is 0 Å². The quantitative estimate of drug-likeness (QED) is 0.513. The number of nitrogens with zero attached hydrogens (tertiary/aromatic N) is 2. The Hall–Kier alpha value is -1.18. The van der Waals surface area contributed by atoms with Gasteiger partial charge in [0.2, 0.25) is 0 Å². The summed E-state index contributed by atoms with van der Waals surface area (Å²) < 4.78 is 2.06. The fraction of sp³-hybridized carbons (Fsp3) is 0.400. The van der Waals surface area contributed by atoms with Gasteiger partial charge in [-0.25, -0.2) is 4.57 Å². The van der Waals surface area contributed by atoms with Crippen LogP contribution in [0.1, 0.15) is 19.4 Å². The van der Waals surface area contributed by atoms with E-state index in [1.54, 1.807) is 0 Å². The van der Waals surface area contributed by atoms with Gasteiger partial charge in [-0.1, -0.05) is 4.99 Å². The second kappa shape index (κ2) is 2.16. The molecule has 0 aliphatic carbocycles. The molecule has 2 heterocycles. The molecule has 0 saturated heterocycles. The molecule has 12 heavy (non-hydrogen) atoms. The molecule has 1 aliphatic heterocycles. The van der Waals surface area contributed by atoms with Crippen LogP contribution >= 0.6 is 0 Å². The summed E-state index contributed by atoms with van der Waals surface area (Å²) in [7, 11) is 2.03. The van der Waals surface area contributed by atoms with Crippen molar-refractivity contribution in [2.75, 3.05) is 0 Å². The van der Waals surface area contributed by atoms with E-state index in [1.807, 2.05) is 19.5 Å². The van der Waals surface area contributed by atoms with Gasteiger partial charge >= 0.3 is 5.82 Å². The maximum Gasteiger partial charge on any atom is 0.326 e. The van der Waals surface area contributed by atoms with Crippen LogP contribution in [0.25, 0.3) is 0 Å². The van der Waals surface area contributed by atoms with Crippen molar-refractivity contribution < 1.29 is 4.57 Å². The molecule has 1 aromatic heterocycles. The maximum absolute atomic E-state index is 4.39. The van der Waals surface area contributed by atoms with Gasteiger partial charge in [0.25, 0.3) is 0 Å². The van der Waals surface area contributed by atoms with Gasteiger partial charge in [-0.05, 0) is 26.0 Å². The van der Waals surface area contributed by atoms with E-state index in [2.05, 4.69) is 35.5 Å². The highest BCUT2D eigenvalue weighted by atomic mass is 15.0. The number of fused-ring (bicyclic) bond motifs is 1. The fourth-order valence-electron chi connectivity index (χ4n) is 1.56. The van der Waals surface area contributed by atoms with Gasteiger partial charge < -0.3 is 0 Å². The number of aryl methyl sites for hydroxylation is 1. The summed E-state index contributed by atoms with van der Waals surface area (Å²) in [6, 6.07) is 4.21. The van der Waals surface area contributed by atoms with Crippen molar-refractivity contribution in [3.63, 3.8) is 0 Å². The second-order valence-corrected chi connectivity index (χ2v) is 3.84. The Kier molecular flexibility index (Phi) is 1.34. The summed E-state index contributed by atoms with van der Waals surface area (Å²) in [5, 5.41) is 0. The van der Waals surface area contributed by atoms with E-state index in [1.165, 1.54) is 5.56 Å². The van der Waals surface area contributed by atoms with Crippen molar-refractivity contribution >= 4 is 12.0 Å². The zero-order valence-corrected chi connectivity index (χ0v) is 7.70. The fourth-order valence-corrected chi connectivity index (χ4v) is 1.56.